The third-order valence-electron chi connectivity index (χ3n) is 4.96. The summed E-state index contributed by atoms with van der Waals surface area (Å²) in [6.45, 7) is 8.04. The van der Waals surface area contributed by atoms with Gasteiger partial charge in [0.15, 0.2) is 0 Å². The number of nitrogens with zero attached hydrogens (tertiary/aromatic N) is 3. The second-order valence-electron chi connectivity index (χ2n) is 6.83. The highest BCUT2D eigenvalue weighted by Gasteiger charge is 2.44. The smallest absolute Gasteiger partial charge is 0.335 e. The first kappa shape index (κ1) is 16.2. The SMILES string of the molecule is Cc1nn(C)c(CN2C(=O)C(C)(C)c3ccc(C(=O)O)cc32)c1C. The highest BCUT2D eigenvalue weighted by atomic mass is 16.4. The number of carboxylic acid groups (broad SMARTS) is 1. The standard InChI is InChI=1S/C18H21N3O3/c1-10-11(2)19-20(5)15(10)9-21-14-8-12(16(22)23)6-7-13(14)18(3,4)17(21)24/h6-8H,9H2,1-5H3,(H,22,23). The molecule has 0 spiro atoms. The van der Waals surface area contributed by atoms with Gasteiger partial charge in [-0.05, 0) is 51.0 Å². The molecular weight excluding hydrogens is 306 g/mol. The van der Waals surface area contributed by atoms with Crippen LogP contribution in [0.25, 0.3) is 0 Å². The molecule has 0 atom stereocenters. The second kappa shape index (κ2) is 5.19. The molecule has 0 saturated heterocycles. The summed E-state index contributed by atoms with van der Waals surface area (Å²) < 4.78 is 1.78. The summed E-state index contributed by atoms with van der Waals surface area (Å²) >= 11 is 0. The van der Waals surface area contributed by atoms with Crippen LogP contribution in [0.3, 0.4) is 0 Å². The number of benzene rings is 1. The maximum atomic E-state index is 12.9. The molecule has 126 valence electrons. The zero-order valence-electron chi connectivity index (χ0n) is 14.5. The van der Waals surface area contributed by atoms with Crippen molar-refractivity contribution in [1.82, 2.24) is 9.78 Å². The molecule has 1 aliphatic heterocycles. The van der Waals surface area contributed by atoms with Crippen molar-refractivity contribution in [3.8, 4) is 0 Å². The van der Waals surface area contributed by atoms with Gasteiger partial charge in [0.05, 0.1) is 28.9 Å². The molecule has 24 heavy (non-hydrogen) atoms. The number of carbonyl (C=O) groups excluding carboxylic acids is 1. The molecule has 0 radical (unpaired) electrons. The highest BCUT2D eigenvalue weighted by Crippen LogP contribution is 2.42. The fraction of sp³-hybridized carbons (Fsp3) is 0.389. The van der Waals surface area contributed by atoms with E-state index in [1.54, 1.807) is 27.8 Å². The average molecular weight is 327 g/mol. The number of carbonyl (C=O) groups is 2. The molecular formula is C18H21N3O3. The molecule has 0 fully saturated rings. The van der Waals surface area contributed by atoms with Crippen molar-refractivity contribution in [2.24, 2.45) is 7.05 Å². The van der Waals surface area contributed by atoms with Crippen LogP contribution in [-0.2, 0) is 23.8 Å². The molecule has 1 N–H and O–H groups in total. The molecule has 0 aliphatic carbocycles. The van der Waals surface area contributed by atoms with Crippen LogP contribution in [-0.4, -0.2) is 26.8 Å². The Balaban J connectivity index is 2.11. The first-order valence-electron chi connectivity index (χ1n) is 7.83. The predicted molar refractivity (Wildman–Crippen MR) is 90.3 cm³/mol. The maximum Gasteiger partial charge on any atom is 0.335 e. The normalized spacial score (nSPS) is 15.7. The number of fused-ring (bicyclic) bond motifs is 1. The minimum atomic E-state index is -0.998. The minimum absolute atomic E-state index is 0.0294. The van der Waals surface area contributed by atoms with Crippen molar-refractivity contribution >= 4 is 17.6 Å². The van der Waals surface area contributed by atoms with E-state index in [4.69, 9.17) is 0 Å². The van der Waals surface area contributed by atoms with Gasteiger partial charge in [-0.2, -0.15) is 5.10 Å². The molecule has 0 saturated carbocycles. The zero-order valence-corrected chi connectivity index (χ0v) is 14.5. The third-order valence-corrected chi connectivity index (χ3v) is 4.96. The van der Waals surface area contributed by atoms with Crippen molar-refractivity contribution in [2.75, 3.05) is 4.90 Å². The largest absolute Gasteiger partial charge is 0.478 e. The number of carboxylic acids is 1. The van der Waals surface area contributed by atoms with Gasteiger partial charge in [-0.15, -0.1) is 0 Å². The fourth-order valence-corrected chi connectivity index (χ4v) is 3.32. The average Bonchev–Trinajstić information content (AvgIpc) is 2.86. The van der Waals surface area contributed by atoms with Crippen molar-refractivity contribution in [1.29, 1.82) is 0 Å². The molecule has 2 heterocycles. The Morgan fingerprint density at radius 2 is 1.96 bits per heavy atom. The van der Waals surface area contributed by atoms with E-state index in [-0.39, 0.29) is 11.5 Å². The van der Waals surface area contributed by atoms with Gasteiger partial charge in [-0.25, -0.2) is 4.79 Å². The molecule has 1 amide bonds. The summed E-state index contributed by atoms with van der Waals surface area (Å²) in [4.78, 5) is 25.9. The maximum absolute atomic E-state index is 12.9. The molecule has 6 nitrogen and oxygen atoms in total. The van der Waals surface area contributed by atoms with Crippen LogP contribution < -0.4 is 4.90 Å². The summed E-state index contributed by atoms with van der Waals surface area (Å²) in [5.74, 6) is -1.03. The Morgan fingerprint density at radius 1 is 1.29 bits per heavy atom. The number of amides is 1. The number of aromatic carboxylic acids is 1. The van der Waals surface area contributed by atoms with Crippen molar-refractivity contribution in [2.45, 2.75) is 39.7 Å². The van der Waals surface area contributed by atoms with E-state index < -0.39 is 11.4 Å². The molecule has 2 aromatic rings. The Morgan fingerprint density at radius 3 is 2.50 bits per heavy atom. The van der Waals surface area contributed by atoms with Gasteiger partial charge in [0.25, 0.3) is 0 Å². The quantitative estimate of drug-likeness (QED) is 0.940. The van der Waals surface area contributed by atoms with E-state index in [0.29, 0.717) is 12.2 Å². The first-order valence-corrected chi connectivity index (χ1v) is 7.83. The van der Waals surface area contributed by atoms with Gasteiger partial charge in [0.1, 0.15) is 0 Å². The summed E-state index contributed by atoms with van der Waals surface area (Å²) in [7, 11) is 1.86. The van der Waals surface area contributed by atoms with Crippen LogP contribution in [0.15, 0.2) is 18.2 Å². The number of rotatable bonds is 3. The van der Waals surface area contributed by atoms with E-state index >= 15 is 0 Å². The summed E-state index contributed by atoms with van der Waals surface area (Å²) in [6.07, 6.45) is 0. The molecule has 0 bridgehead atoms. The van der Waals surface area contributed by atoms with E-state index in [9.17, 15) is 14.7 Å². The number of anilines is 1. The Kier molecular flexibility index (Phi) is 3.51. The van der Waals surface area contributed by atoms with E-state index in [1.807, 2.05) is 34.7 Å². The summed E-state index contributed by atoms with van der Waals surface area (Å²) in [5.41, 5.74) is 3.96. The van der Waals surface area contributed by atoms with E-state index in [2.05, 4.69) is 5.10 Å². The molecule has 1 aromatic carbocycles. The van der Waals surface area contributed by atoms with Crippen LogP contribution >= 0.6 is 0 Å². The van der Waals surface area contributed by atoms with Crippen molar-refractivity contribution < 1.29 is 14.7 Å². The second-order valence-corrected chi connectivity index (χ2v) is 6.83. The van der Waals surface area contributed by atoms with Gasteiger partial charge in [-0.3, -0.25) is 9.48 Å². The summed E-state index contributed by atoms with van der Waals surface area (Å²) in [6, 6.07) is 4.89. The van der Waals surface area contributed by atoms with Gasteiger partial charge < -0.3 is 10.0 Å². The molecule has 1 aromatic heterocycles. The van der Waals surface area contributed by atoms with Crippen LogP contribution in [0, 0.1) is 13.8 Å². The number of hydrogen-bond donors (Lipinski definition) is 1. The molecule has 1 aliphatic rings. The highest BCUT2D eigenvalue weighted by molar-refractivity contribution is 6.08. The lowest BCUT2D eigenvalue weighted by Gasteiger charge is -2.21. The van der Waals surface area contributed by atoms with E-state index in [0.717, 1.165) is 22.5 Å². The summed E-state index contributed by atoms with van der Waals surface area (Å²) in [5, 5.41) is 13.7. The first-order chi connectivity index (χ1) is 11.1. The molecule has 3 rings (SSSR count). The van der Waals surface area contributed by atoms with E-state index in [1.165, 1.54) is 0 Å². The number of aromatic nitrogens is 2. The Bertz CT molecular complexity index is 865. The lowest BCUT2D eigenvalue weighted by molar-refractivity contribution is -0.122. The monoisotopic (exact) mass is 327 g/mol. The number of aryl methyl sites for hydroxylation is 2. The van der Waals surface area contributed by atoms with Gasteiger partial charge >= 0.3 is 5.97 Å². The van der Waals surface area contributed by atoms with Gasteiger partial charge in [-0.1, -0.05) is 6.07 Å². The Hall–Kier alpha value is -2.63. The topological polar surface area (TPSA) is 75.4 Å². The van der Waals surface area contributed by atoms with Gasteiger partial charge in [0, 0.05) is 12.7 Å². The van der Waals surface area contributed by atoms with Crippen molar-refractivity contribution in [3.05, 3.63) is 46.3 Å². The van der Waals surface area contributed by atoms with Crippen LogP contribution in [0.4, 0.5) is 5.69 Å². The zero-order chi connectivity index (χ0) is 17.8. The lowest BCUT2D eigenvalue weighted by atomic mass is 9.86. The predicted octanol–water partition coefficient (Wildman–Crippen LogP) is 2.56. The number of hydrogen-bond acceptors (Lipinski definition) is 3. The Labute approximate surface area is 140 Å². The van der Waals surface area contributed by atoms with Crippen LogP contribution in [0.2, 0.25) is 0 Å². The lowest BCUT2D eigenvalue weighted by Crippen LogP contribution is -2.36. The van der Waals surface area contributed by atoms with Crippen molar-refractivity contribution in [3.63, 3.8) is 0 Å². The van der Waals surface area contributed by atoms with Gasteiger partial charge in [0.2, 0.25) is 5.91 Å². The molecule has 6 heteroatoms. The fourth-order valence-electron chi connectivity index (χ4n) is 3.32. The van der Waals surface area contributed by atoms with Crippen LogP contribution in [0.1, 0.15) is 46.7 Å². The van der Waals surface area contributed by atoms with Crippen LogP contribution in [0.5, 0.6) is 0 Å². The molecule has 0 unspecified atom stereocenters. The third kappa shape index (κ3) is 2.21. The minimum Gasteiger partial charge on any atom is -0.478 e.